The van der Waals surface area contributed by atoms with E-state index in [4.69, 9.17) is 0 Å². The average Bonchev–Trinajstić information content (AvgIpc) is 2.72. The molecule has 6 heteroatoms. The second-order valence-electron chi connectivity index (χ2n) is 4.69. The summed E-state index contributed by atoms with van der Waals surface area (Å²) >= 11 is 0. The molecule has 18 heavy (non-hydrogen) atoms. The predicted octanol–water partition coefficient (Wildman–Crippen LogP) is 3.71. The Morgan fingerprint density at radius 1 is 1.44 bits per heavy atom. The molecule has 1 atom stereocenters. The zero-order valence-corrected chi connectivity index (χ0v) is 10.6. The lowest BCUT2D eigenvalue weighted by Crippen LogP contribution is -2.33. The van der Waals surface area contributed by atoms with Crippen molar-refractivity contribution in [1.29, 1.82) is 0 Å². The Kier molecular flexibility index (Phi) is 3.54. The number of rotatable bonds is 3. The van der Waals surface area contributed by atoms with Gasteiger partial charge in [-0.1, -0.05) is 13.8 Å². The highest BCUT2D eigenvalue weighted by molar-refractivity contribution is 5.40. The quantitative estimate of drug-likeness (QED) is 0.899. The van der Waals surface area contributed by atoms with Crippen LogP contribution in [0, 0.1) is 0 Å². The molecule has 1 aliphatic rings. The number of alkyl halides is 3. The second kappa shape index (κ2) is 4.82. The normalized spacial score (nSPS) is 19.8. The third-order valence-corrected chi connectivity index (χ3v) is 3.56. The molecule has 1 aliphatic heterocycles. The Hall–Kier alpha value is -1.20. The highest BCUT2D eigenvalue weighted by atomic mass is 19.4. The maximum atomic E-state index is 12.9. The zero-order valence-electron chi connectivity index (χ0n) is 10.6. The molecule has 0 saturated heterocycles. The number of nitrogens with one attached hydrogen (secondary N) is 1. The number of nitrogens with zero attached hydrogens (tertiary/aromatic N) is 2. The van der Waals surface area contributed by atoms with Gasteiger partial charge in [0.25, 0.3) is 0 Å². The maximum Gasteiger partial charge on any atom is 0.410 e. The van der Waals surface area contributed by atoms with Crippen LogP contribution in [0.3, 0.4) is 0 Å². The molecule has 3 nitrogen and oxygen atoms in total. The van der Waals surface area contributed by atoms with Crippen LogP contribution in [-0.2, 0) is 0 Å². The van der Waals surface area contributed by atoms with Gasteiger partial charge in [0, 0.05) is 18.5 Å². The smallest absolute Gasteiger partial charge is 0.370 e. The van der Waals surface area contributed by atoms with Crippen LogP contribution in [0.4, 0.5) is 19.0 Å². The van der Waals surface area contributed by atoms with Crippen LogP contribution in [-0.4, -0.2) is 22.5 Å². The summed E-state index contributed by atoms with van der Waals surface area (Å²) in [6.45, 7) is 4.40. The van der Waals surface area contributed by atoms with E-state index in [-0.39, 0.29) is 12.3 Å². The van der Waals surface area contributed by atoms with Gasteiger partial charge in [-0.2, -0.15) is 18.3 Å². The van der Waals surface area contributed by atoms with Crippen molar-refractivity contribution in [2.75, 3.05) is 11.9 Å². The summed E-state index contributed by atoms with van der Waals surface area (Å²) in [7, 11) is 0. The molecule has 102 valence electrons. The maximum absolute atomic E-state index is 12.9. The van der Waals surface area contributed by atoms with Crippen LogP contribution < -0.4 is 5.32 Å². The van der Waals surface area contributed by atoms with E-state index in [9.17, 15) is 13.2 Å². The van der Waals surface area contributed by atoms with Crippen molar-refractivity contribution >= 4 is 5.82 Å². The van der Waals surface area contributed by atoms with Crippen molar-refractivity contribution < 1.29 is 13.2 Å². The van der Waals surface area contributed by atoms with Gasteiger partial charge in [-0.3, -0.25) is 0 Å². The average molecular weight is 261 g/mol. The van der Waals surface area contributed by atoms with Gasteiger partial charge >= 0.3 is 6.18 Å². The van der Waals surface area contributed by atoms with E-state index in [0.717, 1.165) is 23.2 Å². The van der Waals surface area contributed by atoms with Gasteiger partial charge in [0.15, 0.2) is 6.04 Å². The SMILES string of the molecule is CCC(CC)c1cc2n(n1)C(C(F)(F)F)CCN2. The van der Waals surface area contributed by atoms with Gasteiger partial charge < -0.3 is 5.32 Å². The number of halogens is 3. The minimum Gasteiger partial charge on any atom is -0.370 e. The Morgan fingerprint density at radius 3 is 2.67 bits per heavy atom. The van der Waals surface area contributed by atoms with E-state index >= 15 is 0 Å². The summed E-state index contributed by atoms with van der Waals surface area (Å²) in [6, 6.07) is 0.270. The summed E-state index contributed by atoms with van der Waals surface area (Å²) in [6.07, 6.45) is -2.40. The van der Waals surface area contributed by atoms with Crippen LogP contribution in [0.2, 0.25) is 0 Å². The Bertz CT molecular complexity index is 407. The second-order valence-corrected chi connectivity index (χ2v) is 4.69. The van der Waals surface area contributed by atoms with Gasteiger partial charge in [-0.25, -0.2) is 4.68 Å². The topological polar surface area (TPSA) is 29.9 Å². The molecule has 0 aromatic carbocycles. The molecule has 0 bridgehead atoms. The van der Waals surface area contributed by atoms with Crippen LogP contribution in [0.15, 0.2) is 6.07 Å². The van der Waals surface area contributed by atoms with E-state index in [2.05, 4.69) is 10.4 Å². The third kappa shape index (κ3) is 2.33. The Labute approximate surface area is 104 Å². The summed E-state index contributed by atoms with van der Waals surface area (Å²) in [5.74, 6) is 0.726. The molecular formula is C12H18F3N3. The molecule has 1 unspecified atom stereocenters. The molecule has 0 aliphatic carbocycles. The van der Waals surface area contributed by atoms with Crippen molar-refractivity contribution in [3.63, 3.8) is 0 Å². The van der Waals surface area contributed by atoms with Crippen molar-refractivity contribution in [2.45, 2.75) is 51.2 Å². The third-order valence-electron chi connectivity index (χ3n) is 3.56. The lowest BCUT2D eigenvalue weighted by molar-refractivity contribution is -0.171. The predicted molar refractivity (Wildman–Crippen MR) is 63.7 cm³/mol. The summed E-state index contributed by atoms with van der Waals surface area (Å²) in [4.78, 5) is 0. The van der Waals surface area contributed by atoms with E-state index in [1.165, 1.54) is 0 Å². The first kappa shape index (κ1) is 13.2. The number of hydrogen-bond acceptors (Lipinski definition) is 2. The fraction of sp³-hybridized carbons (Fsp3) is 0.750. The van der Waals surface area contributed by atoms with E-state index in [1.54, 1.807) is 6.07 Å². The van der Waals surface area contributed by atoms with Crippen LogP contribution in [0.25, 0.3) is 0 Å². The van der Waals surface area contributed by atoms with Gasteiger partial charge in [-0.05, 0) is 19.3 Å². The van der Waals surface area contributed by atoms with Crippen LogP contribution >= 0.6 is 0 Å². The molecule has 1 aromatic heterocycles. The zero-order chi connectivity index (χ0) is 13.3. The summed E-state index contributed by atoms with van der Waals surface area (Å²) in [5.41, 5.74) is 0.763. The van der Waals surface area contributed by atoms with Gasteiger partial charge in [0.1, 0.15) is 5.82 Å². The Balaban J connectivity index is 2.34. The first-order valence-corrected chi connectivity index (χ1v) is 6.37. The molecule has 0 spiro atoms. The number of fused-ring (bicyclic) bond motifs is 1. The summed E-state index contributed by atoms with van der Waals surface area (Å²) in [5, 5.41) is 7.16. The van der Waals surface area contributed by atoms with Crippen molar-refractivity contribution in [3.05, 3.63) is 11.8 Å². The van der Waals surface area contributed by atoms with Crippen molar-refractivity contribution in [1.82, 2.24) is 9.78 Å². The highest BCUT2D eigenvalue weighted by Gasteiger charge is 2.44. The van der Waals surface area contributed by atoms with Crippen molar-refractivity contribution in [2.24, 2.45) is 0 Å². The molecule has 1 aromatic rings. The van der Waals surface area contributed by atoms with E-state index < -0.39 is 12.2 Å². The molecule has 1 N–H and O–H groups in total. The molecule has 0 saturated carbocycles. The minimum atomic E-state index is -4.23. The number of hydrogen-bond donors (Lipinski definition) is 1. The molecule has 0 amide bonds. The molecule has 2 rings (SSSR count). The van der Waals surface area contributed by atoms with Crippen LogP contribution in [0.1, 0.15) is 50.8 Å². The molecular weight excluding hydrogens is 243 g/mol. The Morgan fingerprint density at radius 2 is 2.11 bits per heavy atom. The lowest BCUT2D eigenvalue weighted by atomic mass is 10.00. The summed E-state index contributed by atoms with van der Waals surface area (Å²) < 4.78 is 39.8. The van der Waals surface area contributed by atoms with Gasteiger partial charge in [0.05, 0.1) is 5.69 Å². The minimum absolute atomic E-state index is 0.0422. The standard InChI is InChI=1S/C12H18F3N3/c1-3-8(4-2)9-7-11-16-6-5-10(12(13,14)15)18(11)17-9/h7-8,10,16H,3-6H2,1-2H3. The molecule has 2 heterocycles. The number of aromatic nitrogens is 2. The van der Waals surface area contributed by atoms with E-state index in [1.807, 2.05) is 13.8 Å². The molecule has 0 radical (unpaired) electrons. The van der Waals surface area contributed by atoms with Crippen LogP contribution in [0.5, 0.6) is 0 Å². The van der Waals surface area contributed by atoms with E-state index in [0.29, 0.717) is 12.4 Å². The fourth-order valence-electron chi connectivity index (χ4n) is 2.45. The van der Waals surface area contributed by atoms with Gasteiger partial charge in [0.2, 0.25) is 0 Å². The first-order chi connectivity index (χ1) is 8.47. The molecule has 0 fully saturated rings. The monoisotopic (exact) mass is 261 g/mol. The van der Waals surface area contributed by atoms with Crippen molar-refractivity contribution in [3.8, 4) is 0 Å². The lowest BCUT2D eigenvalue weighted by Gasteiger charge is -2.27. The fourth-order valence-corrected chi connectivity index (χ4v) is 2.45. The number of anilines is 1. The largest absolute Gasteiger partial charge is 0.410 e. The highest BCUT2D eigenvalue weighted by Crippen LogP contribution is 2.38. The first-order valence-electron chi connectivity index (χ1n) is 6.37. The van der Waals surface area contributed by atoms with Gasteiger partial charge in [-0.15, -0.1) is 0 Å².